The highest BCUT2D eigenvalue weighted by Crippen LogP contribution is 2.29. The maximum atomic E-state index is 13.8. The molecule has 1 aliphatic heterocycles. The van der Waals surface area contributed by atoms with Crippen LogP contribution in [-0.2, 0) is 24.3 Å². The minimum absolute atomic E-state index is 0.0986. The Bertz CT molecular complexity index is 1430. The second-order valence-corrected chi connectivity index (χ2v) is 9.15. The van der Waals surface area contributed by atoms with Crippen LogP contribution in [0.25, 0.3) is 21.5 Å². The maximum absolute atomic E-state index is 13.8. The first-order valence-electron chi connectivity index (χ1n) is 10.3. The number of benzene rings is 2. The van der Waals surface area contributed by atoms with Crippen molar-refractivity contribution in [1.82, 2.24) is 19.7 Å². The Morgan fingerprint density at radius 2 is 1.94 bits per heavy atom. The van der Waals surface area contributed by atoms with Gasteiger partial charge in [0, 0.05) is 12.1 Å². The standard InChI is InChI=1S/C23H19F2N5O2S/c1-12-27-17-8-13(2-5-19(17)33-12)9-20(31)29-6-7-30-18(11-29)21(23(26)32)22(28-30)14-3-4-15(24)16(25)10-14/h2-5,8,10H,6-7,9,11H2,1H3,(H2,26,32). The van der Waals surface area contributed by atoms with Gasteiger partial charge in [-0.3, -0.25) is 14.3 Å². The minimum atomic E-state index is -1.04. The van der Waals surface area contributed by atoms with Gasteiger partial charge in [-0.1, -0.05) is 6.07 Å². The van der Waals surface area contributed by atoms with Crippen LogP contribution in [0.5, 0.6) is 0 Å². The van der Waals surface area contributed by atoms with E-state index in [1.807, 2.05) is 25.1 Å². The number of nitrogens with zero attached hydrogens (tertiary/aromatic N) is 4. The topological polar surface area (TPSA) is 94.1 Å². The summed E-state index contributed by atoms with van der Waals surface area (Å²) in [5.74, 6) is -2.88. The molecule has 0 saturated heterocycles. The van der Waals surface area contributed by atoms with Crippen molar-refractivity contribution in [3.8, 4) is 11.3 Å². The van der Waals surface area contributed by atoms with Crippen LogP contribution in [0, 0.1) is 18.6 Å². The maximum Gasteiger partial charge on any atom is 0.252 e. The molecule has 2 aromatic heterocycles. The zero-order valence-electron chi connectivity index (χ0n) is 17.6. The van der Waals surface area contributed by atoms with E-state index in [0.29, 0.717) is 18.8 Å². The van der Waals surface area contributed by atoms with E-state index in [0.717, 1.165) is 32.9 Å². The van der Waals surface area contributed by atoms with Gasteiger partial charge in [-0.05, 0) is 42.8 Å². The van der Waals surface area contributed by atoms with Crippen molar-refractivity contribution in [3.63, 3.8) is 0 Å². The first-order valence-corrected chi connectivity index (χ1v) is 11.1. The monoisotopic (exact) mass is 467 g/mol. The Balaban J connectivity index is 1.42. The molecule has 0 unspecified atom stereocenters. The number of carbonyl (C=O) groups is 2. The number of aryl methyl sites for hydroxylation is 1. The fourth-order valence-corrected chi connectivity index (χ4v) is 4.93. The molecule has 0 radical (unpaired) electrons. The molecule has 2 N–H and O–H groups in total. The lowest BCUT2D eigenvalue weighted by Gasteiger charge is -2.28. The van der Waals surface area contributed by atoms with E-state index in [2.05, 4.69) is 10.1 Å². The Morgan fingerprint density at radius 3 is 2.70 bits per heavy atom. The van der Waals surface area contributed by atoms with Gasteiger partial charge in [0.25, 0.3) is 5.91 Å². The normalized spacial score (nSPS) is 13.4. The Hall–Kier alpha value is -3.66. The van der Waals surface area contributed by atoms with E-state index in [4.69, 9.17) is 5.73 Å². The van der Waals surface area contributed by atoms with E-state index < -0.39 is 17.5 Å². The lowest BCUT2D eigenvalue weighted by molar-refractivity contribution is -0.132. The molecule has 3 heterocycles. The summed E-state index contributed by atoms with van der Waals surface area (Å²) in [5, 5.41) is 5.38. The summed E-state index contributed by atoms with van der Waals surface area (Å²) in [7, 11) is 0. The second kappa shape index (κ2) is 8.04. The van der Waals surface area contributed by atoms with Gasteiger partial charge < -0.3 is 10.6 Å². The molecule has 5 rings (SSSR count). The van der Waals surface area contributed by atoms with E-state index in [1.54, 1.807) is 20.9 Å². The molecule has 7 nitrogen and oxygen atoms in total. The zero-order chi connectivity index (χ0) is 23.3. The Morgan fingerprint density at radius 1 is 1.12 bits per heavy atom. The molecule has 10 heteroatoms. The number of amides is 2. The molecule has 0 aliphatic carbocycles. The van der Waals surface area contributed by atoms with Gasteiger partial charge in [-0.15, -0.1) is 11.3 Å². The van der Waals surface area contributed by atoms with Crippen molar-refractivity contribution >= 4 is 33.4 Å². The number of carbonyl (C=O) groups excluding carboxylic acids is 2. The van der Waals surface area contributed by atoms with Crippen LogP contribution in [-0.4, -0.2) is 38.0 Å². The molecule has 1 aliphatic rings. The van der Waals surface area contributed by atoms with E-state index >= 15 is 0 Å². The molecule has 2 amide bonds. The molecular weight excluding hydrogens is 448 g/mol. The zero-order valence-corrected chi connectivity index (χ0v) is 18.5. The number of nitrogens with two attached hydrogens (primary N) is 1. The predicted octanol–water partition coefficient (Wildman–Crippen LogP) is 3.43. The molecule has 0 saturated carbocycles. The van der Waals surface area contributed by atoms with Gasteiger partial charge >= 0.3 is 0 Å². The van der Waals surface area contributed by atoms with Gasteiger partial charge in [-0.25, -0.2) is 13.8 Å². The third kappa shape index (κ3) is 3.86. The van der Waals surface area contributed by atoms with Crippen molar-refractivity contribution in [3.05, 3.63) is 69.9 Å². The van der Waals surface area contributed by atoms with Crippen LogP contribution in [0.15, 0.2) is 36.4 Å². The molecule has 0 spiro atoms. The highest BCUT2D eigenvalue weighted by Gasteiger charge is 2.30. The van der Waals surface area contributed by atoms with Gasteiger partial charge in [0.05, 0.1) is 46.0 Å². The van der Waals surface area contributed by atoms with Crippen LogP contribution in [0.3, 0.4) is 0 Å². The van der Waals surface area contributed by atoms with Crippen molar-refractivity contribution < 1.29 is 18.4 Å². The summed E-state index contributed by atoms with van der Waals surface area (Å²) >= 11 is 1.60. The van der Waals surface area contributed by atoms with Crippen LogP contribution < -0.4 is 5.73 Å². The summed E-state index contributed by atoms with van der Waals surface area (Å²) in [5.41, 5.74) is 8.35. The van der Waals surface area contributed by atoms with Crippen LogP contribution in [0.4, 0.5) is 8.78 Å². The first-order chi connectivity index (χ1) is 15.8. The summed E-state index contributed by atoms with van der Waals surface area (Å²) in [6.45, 7) is 2.85. The average Bonchev–Trinajstić information content (AvgIpc) is 3.34. The lowest BCUT2D eigenvalue weighted by atomic mass is 10.0. The van der Waals surface area contributed by atoms with Gasteiger partial charge in [0.2, 0.25) is 5.91 Å². The quantitative estimate of drug-likeness (QED) is 0.498. The van der Waals surface area contributed by atoms with Gasteiger partial charge in [-0.2, -0.15) is 5.10 Å². The van der Waals surface area contributed by atoms with E-state index in [1.165, 1.54) is 6.07 Å². The molecule has 2 aromatic carbocycles. The molecule has 0 atom stereocenters. The largest absolute Gasteiger partial charge is 0.365 e. The number of hydrogen-bond acceptors (Lipinski definition) is 5. The van der Waals surface area contributed by atoms with E-state index in [9.17, 15) is 18.4 Å². The molecule has 4 aromatic rings. The lowest BCUT2D eigenvalue weighted by Crippen LogP contribution is -2.40. The molecule has 0 bridgehead atoms. The third-order valence-corrected chi connectivity index (χ3v) is 6.64. The Labute approximate surface area is 191 Å². The van der Waals surface area contributed by atoms with Gasteiger partial charge in [0.15, 0.2) is 11.6 Å². The number of rotatable bonds is 4. The van der Waals surface area contributed by atoms with Crippen molar-refractivity contribution in [2.24, 2.45) is 5.73 Å². The van der Waals surface area contributed by atoms with Gasteiger partial charge in [0.1, 0.15) is 5.69 Å². The fourth-order valence-electron chi connectivity index (χ4n) is 4.12. The first kappa shape index (κ1) is 21.2. The molecule has 168 valence electrons. The molecule has 0 fully saturated rings. The number of primary amides is 1. The van der Waals surface area contributed by atoms with Crippen LogP contribution in [0.2, 0.25) is 0 Å². The smallest absolute Gasteiger partial charge is 0.252 e. The van der Waals surface area contributed by atoms with Crippen LogP contribution >= 0.6 is 11.3 Å². The predicted molar refractivity (Wildman–Crippen MR) is 120 cm³/mol. The van der Waals surface area contributed by atoms with E-state index in [-0.39, 0.29) is 35.7 Å². The SMILES string of the molecule is Cc1nc2cc(CC(=O)N3CCn4nc(-c5ccc(F)c(F)c5)c(C(N)=O)c4C3)ccc2s1. The van der Waals surface area contributed by atoms with Crippen LogP contribution in [0.1, 0.15) is 26.6 Å². The number of halogens is 2. The third-order valence-electron chi connectivity index (χ3n) is 5.69. The fraction of sp³-hybridized carbons (Fsp3) is 0.217. The number of aromatic nitrogens is 3. The van der Waals surface area contributed by atoms with Crippen molar-refractivity contribution in [2.75, 3.05) is 6.54 Å². The van der Waals surface area contributed by atoms with Crippen molar-refractivity contribution in [1.29, 1.82) is 0 Å². The Kier molecular flexibility index (Phi) is 5.16. The van der Waals surface area contributed by atoms with Crippen molar-refractivity contribution in [2.45, 2.75) is 26.4 Å². The number of thiazole rings is 1. The second-order valence-electron chi connectivity index (χ2n) is 7.91. The minimum Gasteiger partial charge on any atom is -0.365 e. The average molecular weight is 468 g/mol. The summed E-state index contributed by atoms with van der Waals surface area (Å²) < 4.78 is 29.8. The molecular formula is C23H19F2N5O2S. The summed E-state index contributed by atoms with van der Waals surface area (Å²) in [4.78, 5) is 31.4. The summed E-state index contributed by atoms with van der Waals surface area (Å²) in [6, 6.07) is 9.11. The number of hydrogen-bond donors (Lipinski definition) is 1. The molecule has 33 heavy (non-hydrogen) atoms. The highest BCUT2D eigenvalue weighted by molar-refractivity contribution is 7.18. The summed E-state index contributed by atoms with van der Waals surface area (Å²) in [6.07, 6.45) is 0.197. The highest BCUT2D eigenvalue weighted by atomic mass is 32.1. The number of fused-ring (bicyclic) bond motifs is 2.